The number of rotatable bonds is 6. The third-order valence-corrected chi connectivity index (χ3v) is 14.9. The SMILES string of the molecule is CN(C)[C@@H]1c2onc(OCc3ccccc3)c2C(=O)[C@@]2(O[Si](C)(C)C(C)(C)C)C(=O)C3=C(O)c4c(O)ccc(C(F)(F)F)c4C[C@H]3C[C@@H]12. The van der Waals surface area contributed by atoms with E-state index in [1.54, 1.807) is 19.0 Å². The lowest BCUT2D eigenvalue weighted by Crippen LogP contribution is -2.68. The van der Waals surface area contributed by atoms with E-state index < -0.39 is 77.2 Å². The van der Waals surface area contributed by atoms with Gasteiger partial charge in [-0.2, -0.15) is 13.2 Å². The highest BCUT2D eigenvalue weighted by molar-refractivity contribution is 6.74. The molecule has 6 rings (SSSR count). The van der Waals surface area contributed by atoms with E-state index in [1.165, 1.54) is 0 Å². The van der Waals surface area contributed by atoms with Crippen molar-refractivity contribution in [3.8, 4) is 11.6 Å². The van der Waals surface area contributed by atoms with Crippen LogP contribution < -0.4 is 4.74 Å². The molecule has 0 aliphatic heterocycles. The Kier molecular flexibility index (Phi) is 8.00. The van der Waals surface area contributed by atoms with Crippen LogP contribution in [0.15, 0.2) is 52.6 Å². The van der Waals surface area contributed by atoms with Gasteiger partial charge in [0.25, 0.3) is 5.88 Å². The maximum atomic E-state index is 15.2. The first-order valence-corrected chi connectivity index (χ1v) is 18.7. The van der Waals surface area contributed by atoms with Gasteiger partial charge in [0.2, 0.25) is 11.6 Å². The number of aliphatic hydroxyl groups excluding tert-OH is 1. The number of carbonyl (C=O) groups excluding carboxylic acids is 2. The molecule has 3 aromatic rings. The molecule has 1 fully saturated rings. The number of alkyl halides is 3. The monoisotopic (exact) mass is 684 g/mol. The second-order valence-corrected chi connectivity index (χ2v) is 19.4. The minimum absolute atomic E-state index is 0.00107. The van der Waals surface area contributed by atoms with Gasteiger partial charge in [0, 0.05) is 11.5 Å². The van der Waals surface area contributed by atoms with Gasteiger partial charge in [0.1, 0.15) is 23.7 Å². The minimum atomic E-state index is -4.78. The van der Waals surface area contributed by atoms with Crippen LogP contribution in [0.25, 0.3) is 5.76 Å². The molecule has 4 atom stereocenters. The van der Waals surface area contributed by atoms with Gasteiger partial charge < -0.3 is 23.9 Å². The van der Waals surface area contributed by atoms with E-state index in [4.69, 9.17) is 13.7 Å². The van der Waals surface area contributed by atoms with Crippen molar-refractivity contribution in [3.05, 3.63) is 81.6 Å². The molecular formula is C35H39F3N2O7Si. The van der Waals surface area contributed by atoms with Crippen LogP contribution in [0.1, 0.15) is 71.6 Å². The van der Waals surface area contributed by atoms with Gasteiger partial charge in [-0.25, -0.2) is 0 Å². The molecule has 0 bridgehead atoms. The van der Waals surface area contributed by atoms with Crippen molar-refractivity contribution in [1.29, 1.82) is 0 Å². The first kappa shape index (κ1) is 33.9. The molecule has 1 aromatic heterocycles. The molecule has 2 N–H and O–H groups in total. The van der Waals surface area contributed by atoms with Crippen molar-refractivity contribution in [2.45, 2.75) is 76.2 Å². The molecule has 256 valence electrons. The molecule has 0 spiro atoms. The van der Waals surface area contributed by atoms with Gasteiger partial charge in [-0.05, 0) is 79.4 Å². The van der Waals surface area contributed by atoms with E-state index in [1.807, 2.05) is 64.2 Å². The highest BCUT2D eigenvalue weighted by Crippen LogP contribution is 2.59. The molecule has 1 saturated carbocycles. The highest BCUT2D eigenvalue weighted by Gasteiger charge is 2.69. The van der Waals surface area contributed by atoms with Crippen LogP contribution >= 0.6 is 0 Å². The van der Waals surface area contributed by atoms with E-state index in [0.29, 0.717) is 0 Å². The van der Waals surface area contributed by atoms with Gasteiger partial charge in [-0.3, -0.25) is 14.5 Å². The van der Waals surface area contributed by atoms with E-state index in [0.717, 1.165) is 17.7 Å². The summed E-state index contributed by atoms with van der Waals surface area (Å²) in [6.45, 7) is 9.73. The molecule has 2 aromatic carbocycles. The molecule has 0 amide bonds. The summed E-state index contributed by atoms with van der Waals surface area (Å²) in [5.74, 6) is -4.75. The predicted octanol–water partition coefficient (Wildman–Crippen LogP) is 7.27. The van der Waals surface area contributed by atoms with Crippen LogP contribution in [0.3, 0.4) is 0 Å². The van der Waals surface area contributed by atoms with E-state index >= 15 is 9.59 Å². The van der Waals surface area contributed by atoms with Crippen LogP contribution in [0.2, 0.25) is 18.1 Å². The standard InChI is InChI=1S/C35H39F3N2O7Si/c1-33(2,3)48(6,7)47-34-22(16-19-15-20-21(35(36,37)38)13-14-23(41)25(20)28(42)24(19)30(34)43)27(40(4)5)29-26(31(34)44)32(39-46-29)45-17-18-11-9-8-10-12-18/h8-14,19,22,27,41-42H,15-17H2,1-7H3/t19-,22-,27-,34-/m0/s1. The van der Waals surface area contributed by atoms with Crippen LogP contribution in [0.5, 0.6) is 11.6 Å². The Hall–Kier alpha value is -3.94. The third kappa shape index (κ3) is 5.09. The molecule has 0 saturated heterocycles. The van der Waals surface area contributed by atoms with Crippen LogP contribution in [-0.2, 0) is 28.4 Å². The molecule has 48 heavy (non-hydrogen) atoms. The number of benzene rings is 2. The Morgan fingerprint density at radius 3 is 2.29 bits per heavy atom. The number of nitrogens with zero attached hydrogens (tertiary/aromatic N) is 2. The maximum absolute atomic E-state index is 15.2. The summed E-state index contributed by atoms with van der Waals surface area (Å²) in [5, 5.41) is 26.0. The number of fused-ring (bicyclic) bond motifs is 4. The smallest absolute Gasteiger partial charge is 0.416 e. The molecule has 0 radical (unpaired) electrons. The normalized spacial score (nSPS) is 24.3. The minimum Gasteiger partial charge on any atom is -0.507 e. The van der Waals surface area contributed by atoms with Crippen molar-refractivity contribution < 1.29 is 46.7 Å². The zero-order valence-corrected chi connectivity index (χ0v) is 28.9. The van der Waals surface area contributed by atoms with Crippen LogP contribution in [0.4, 0.5) is 13.2 Å². The topological polar surface area (TPSA) is 122 Å². The molecule has 9 nitrogen and oxygen atoms in total. The lowest BCUT2D eigenvalue weighted by Gasteiger charge is -2.55. The van der Waals surface area contributed by atoms with E-state index in [9.17, 15) is 23.4 Å². The van der Waals surface area contributed by atoms with Crippen molar-refractivity contribution in [3.63, 3.8) is 0 Å². The summed E-state index contributed by atoms with van der Waals surface area (Å²) >= 11 is 0. The van der Waals surface area contributed by atoms with Gasteiger partial charge in [0.15, 0.2) is 19.7 Å². The number of aliphatic hydroxyl groups is 1. The number of phenolic OH excluding ortho intramolecular Hbond substituents is 1. The summed E-state index contributed by atoms with van der Waals surface area (Å²) < 4.78 is 61.3. The summed E-state index contributed by atoms with van der Waals surface area (Å²) in [4.78, 5) is 32.1. The molecule has 3 aliphatic rings. The lowest BCUT2D eigenvalue weighted by molar-refractivity contribution is -0.140. The fourth-order valence-corrected chi connectivity index (χ4v) is 8.67. The van der Waals surface area contributed by atoms with Crippen molar-refractivity contribution in [2.75, 3.05) is 14.1 Å². The van der Waals surface area contributed by atoms with Crippen molar-refractivity contribution in [1.82, 2.24) is 10.1 Å². The Morgan fingerprint density at radius 2 is 1.69 bits per heavy atom. The zero-order valence-electron chi connectivity index (χ0n) is 27.9. The number of ketones is 2. The third-order valence-electron chi connectivity index (χ3n) is 10.5. The number of hydrogen-bond donors (Lipinski definition) is 2. The van der Waals surface area contributed by atoms with E-state index in [2.05, 4.69) is 5.16 Å². The fourth-order valence-electron chi connectivity index (χ4n) is 7.22. The first-order chi connectivity index (χ1) is 22.3. The van der Waals surface area contributed by atoms with Gasteiger partial charge in [-0.15, -0.1) is 0 Å². The lowest BCUT2D eigenvalue weighted by atomic mass is 9.57. The van der Waals surface area contributed by atoms with Crippen LogP contribution in [0, 0.1) is 11.8 Å². The number of phenols is 1. The average Bonchev–Trinajstić information content (AvgIpc) is 3.40. The number of aromatic nitrogens is 1. The molecule has 0 unspecified atom stereocenters. The number of ether oxygens (including phenoxy) is 1. The second kappa shape index (κ2) is 11.3. The summed E-state index contributed by atoms with van der Waals surface area (Å²) in [5.41, 5.74) is -3.46. The van der Waals surface area contributed by atoms with Gasteiger partial charge in [-0.1, -0.05) is 51.1 Å². The zero-order chi connectivity index (χ0) is 35.1. The molecule has 3 aliphatic carbocycles. The molecule has 1 heterocycles. The summed E-state index contributed by atoms with van der Waals surface area (Å²) in [7, 11) is 0.499. The second-order valence-electron chi connectivity index (χ2n) is 14.7. The quantitative estimate of drug-likeness (QED) is 0.204. The number of halogens is 3. The Labute approximate surface area is 277 Å². The Morgan fingerprint density at radius 1 is 1.02 bits per heavy atom. The predicted molar refractivity (Wildman–Crippen MR) is 172 cm³/mol. The number of hydrogen-bond acceptors (Lipinski definition) is 9. The van der Waals surface area contributed by atoms with Crippen LogP contribution in [-0.4, -0.2) is 59.8 Å². The van der Waals surface area contributed by atoms with Gasteiger partial charge in [0.05, 0.1) is 17.2 Å². The van der Waals surface area contributed by atoms with Crippen molar-refractivity contribution in [2.24, 2.45) is 11.8 Å². The number of Topliss-reactive ketones (excluding diaryl/α,β-unsaturated/α-hetero) is 2. The average molecular weight is 685 g/mol. The Bertz CT molecular complexity index is 1830. The maximum Gasteiger partial charge on any atom is 0.416 e. The summed E-state index contributed by atoms with van der Waals surface area (Å²) in [6.07, 6.45) is -5.07. The molecular weight excluding hydrogens is 645 g/mol. The summed E-state index contributed by atoms with van der Waals surface area (Å²) in [6, 6.07) is 10.1. The van der Waals surface area contributed by atoms with Crippen molar-refractivity contribution >= 4 is 25.6 Å². The van der Waals surface area contributed by atoms with Gasteiger partial charge >= 0.3 is 6.18 Å². The Balaban J connectivity index is 1.59. The number of aromatic hydroxyl groups is 1. The first-order valence-electron chi connectivity index (χ1n) is 15.8. The highest BCUT2D eigenvalue weighted by atomic mass is 28.4. The largest absolute Gasteiger partial charge is 0.507 e. The van der Waals surface area contributed by atoms with E-state index in [-0.39, 0.29) is 47.8 Å². The number of carbonyl (C=O) groups is 2. The molecule has 13 heteroatoms. The fraction of sp³-hybridized carbons (Fsp3) is 0.457.